The van der Waals surface area contributed by atoms with Crippen LogP contribution in [0.2, 0.25) is 0 Å². The van der Waals surface area contributed by atoms with Crippen molar-refractivity contribution in [2.24, 2.45) is 0 Å². The Morgan fingerprint density at radius 2 is 2.21 bits per heavy atom. The number of aromatic hydroxyl groups is 1. The van der Waals surface area contributed by atoms with Gasteiger partial charge in [0.1, 0.15) is 6.10 Å². The third-order valence-corrected chi connectivity index (χ3v) is 4.87. The molecule has 0 aromatic heterocycles. The molecule has 4 rings (SSSR count). The lowest BCUT2D eigenvalue weighted by Crippen LogP contribution is -2.32. The molecule has 1 unspecified atom stereocenters. The van der Waals surface area contributed by atoms with Gasteiger partial charge in [-0.05, 0) is 44.2 Å². The second kappa shape index (κ2) is 3.69. The molecule has 3 aliphatic rings. The van der Waals surface area contributed by atoms with Crippen LogP contribution in [0.3, 0.4) is 0 Å². The van der Waals surface area contributed by atoms with Gasteiger partial charge >= 0.3 is 0 Å². The van der Waals surface area contributed by atoms with Gasteiger partial charge in [0.2, 0.25) is 0 Å². The molecule has 0 saturated heterocycles. The Morgan fingerprint density at radius 1 is 1.37 bits per heavy atom. The van der Waals surface area contributed by atoms with E-state index in [0.29, 0.717) is 6.04 Å². The molecule has 1 N–H and O–H groups in total. The Balaban J connectivity index is 2.04. The Kier molecular flexibility index (Phi) is 2.17. The number of benzene rings is 1. The molecule has 0 radical (unpaired) electrons. The van der Waals surface area contributed by atoms with E-state index < -0.39 is 0 Å². The van der Waals surface area contributed by atoms with Crippen molar-refractivity contribution in [2.75, 3.05) is 7.05 Å². The van der Waals surface area contributed by atoms with Gasteiger partial charge in [0, 0.05) is 29.9 Å². The SMILES string of the molecule is CC1Cc2ccc(O)c3c2C2=C(CCC[C@@H]2O3)N1C. The fraction of sp³-hybridized carbons (Fsp3) is 0.500. The van der Waals surface area contributed by atoms with Crippen molar-refractivity contribution in [3.63, 3.8) is 0 Å². The Morgan fingerprint density at radius 3 is 3.05 bits per heavy atom. The highest BCUT2D eigenvalue weighted by Crippen LogP contribution is 2.52. The maximum absolute atomic E-state index is 10.1. The third kappa shape index (κ3) is 1.38. The lowest BCUT2D eigenvalue weighted by atomic mass is 9.88. The van der Waals surface area contributed by atoms with Gasteiger partial charge in [-0.2, -0.15) is 0 Å². The van der Waals surface area contributed by atoms with E-state index in [9.17, 15) is 5.11 Å². The van der Waals surface area contributed by atoms with Crippen LogP contribution in [0.4, 0.5) is 0 Å². The van der Waals surface area contributed by atoms with Gasteiger partial charge in [-0.1, -0.05) is 6.07 Å². The van der Waals surface area contributed by atoms with Gasteiger partial charge in [-0.3, -0.25) is 0 Å². The van der Waals surface area contributed by atoms with E-state index in [1.54, 1.807) is 6.07 Å². The minimum atomic E-state index is 0.151. The zero-order valence-corrected chi connectivity index (χ0v) is 11.4. The number of allylic oxidation sites excluding steroid dienone is 1. The molecule has 1 aromatic carbocycles. The smallest absolute Gasteiger partial charge is 0.169 e. The Bertz CT molecular complexity index is 591. The van der Waals surface area contributed by atoms with Crippen LogP contribution >= 0.6 is 0 Å². The molecule has 3 nitrogen and oxygen atoms in total. The molecule has 2 heterocycles. The number of hydrogen-bond donors (Lipinski definition) is 1. The van der Waals surface area contributed by atoms with E-state index in [2.05, 4.69) is 24.9 Å². The number of hydrogen-bond acceptors (Lipinski definition) is 3. The van der Waals surface area contributed by atoms with Crippen LogP contribution in [0, 0.1) is 0 Å². The molecule has 0 spiro atoms. The highest BCUT2D eigenvalue weighted by Gasteiger charge is 2.40. The normalized spacial score (nSPS) is 28.0. The van der Waals surface area contributed by atoms with E-state index in [4.69, 9.17) is 4.74 Å². The van der Waals surface area contributed by atoms with Gasteiger partial charge in [0.25, 0.3) is 0 Å². The summed E-state index contributed by atoms with van der Waals surface area (Å²) in [6, 6.07) is 4.35. The third-order valence-electron chi connectivity index (χ3n) is 4.87. The summed E-state index contributed by atoms with van der Waals surface area (Å²) in [7, 11) is 2.19. The van der Waals surface area contributed by atoms with E-state index in [-0.39, 0.29) is 11.9 Å². The topological polar surface area (TPSA) is 32.7 Å². The second-order valence-electron chi connectivity index (χ2n) is 5.97. The monoisotopic (exact) mass is 257 g/mol. The number of phenolic OH excluding ortho intramolecular Hbond substituents is 1. The highest BCUT2D eigenvalue weighted by atomic mass is 16.5. The predicted molar refractivity (Wildman–Crippen MR) is 74.2 cm³/mol. The fourth-order valence-electron chi connectivity index (χ4n) is 3.77. The number of likely N-dealkylation sites (N-methyl/N-ethyl adjacent to an activating group) is 1. The zero-order chi connectivity index (χ0) is 13.1. The van der Waals surface area contributed by atoms with E-state index in [1.807, 2.05) is 0 Å². The van der Waals surface area contributed by atoms with Crippen molar-refractivity contribution < 1.29 is 9.84 Å². The largest absolute Gasteiger partial charge is 0.504 e. The first-order valence-corrected chi connectivity index (χ1v) is 7.14. The molecular weight excluding hydrogens is 238 g/mol. The van der Waals surface area contributed by atoms with E-state index in [1.165, 1.54) is 28.8 Å². The lowest BCUT2D eigenvalue weighted by molar-refractivity contribution is 0.229. The average molecular weight is 257 g/mol. The summed E-state index contributed by atoms with van der Waals surface area (Å²) >= 11 is 0. The first kappa shape index (κ1) is 11.2. The van der Waals surface area contributed by atoms with Gasteiger partial charge in [0.15, 0.2) is 11.5 Å². The van der Waals surface area contributed by atoms with Gasteiger partial charge in [-0.15, -0.1) is 0 Å². The number of rotatable bonds is 0. The number of phenols is 1. The summed E-state index contributed by atoms with van der Waals surface area (Å²) in [6.45, 7) is 2.28. The molecule has 0 amide bonds. The Labute approximate surface area is 113 Å². The van der Waals surface area contributed by atoms with Crippen molar-refractivity contribution in [1.29, 1.82) is 0 Å². The fourth-order valence-corrected chi connectivity index (χ4v) is 3.77. The van der Waals surface area contributed by atoms with Crippen LogP contribution in [0.1, 0.15) is 37.3 Å². The second-order valence-corrected chi connectivity index (χ2v) is 5.97. The van der Waals surface area contributed by atoms with Crippen molar-refractivity contribution in [2.45, 2.75) is 44.8 Å². The number of nitrogens with zero attached hydrogens (tertiary/aromatic N) is 1. The van der Waals surface area contributed by atoms with Crippen LogP contribution in [-0.4, -0.2) is 29.2 Å². The molecule has 0 saturated carbocycles. The molecule has 1 aliphatic carbocycles. The quantitative estimate of drug-likeness (QED) is 0.775. The molecule has 2 atom stereocenters. The zero-order valence-electron chi connectivity index (χ0n) is 11.4. The van der Waals surface area contributed by atoms with Crippen molar-refractivity contribution in [1.82, 2.24) is 4.90 Å². The molecule has 19 heavy (non-hydrogen) atoms. The van der Waals surface area contributed by atoms with Crippen LogP contribution < -0.4 is 4.74 Å². The average Bonchev–Trinajstić information content (AvgIpc) is 2.76. The maximum atomic E-state index is 10.1. The minimum absolute atomic E-state index is 0.151. The molecular formula is C16H19NO2. The number of ether oxygens (including phenoxy) is 1. The highest BCUT2D eigenvalue weighted by molar-refractivity contribution is 5.84. The summed E-state index contributed by atoms with van der Waals surface area (Å²) in [5.74, 6) is 1.01. The molecule has 100 valence electrons. The van der Waals surface area contributed by atoms with Crippen LogP contribution in [0.25, 0.3) is 5.57 Å². The lowest BCUT2D eigenvalue weighted by Gasteiger charge is -2.32. The predicted octanol–water partition coefficient (Wildman–Crippen LogP) is 2.92. The molecule has 3 heteroatoms. The van der Waals surface area contributed by atoms with Crippen LogP contribution in [-0.2, 0) is 6.42 Å². The molecule has 2 aliphatic heterocycles. The van der Waals surface area contributed by atoms with Crippen molar-refractivity contribution in [3.8, 4) is 11.5 Å². The first-order chi connectivity index (χ1) is 9.16. The van der Waals surface area contributed by atoms with Crippen LogP contribution in [0.5, 0.6) is 11.5 Å². The standard InChI is InChI=1S/C16H19NO2/c1-9-8-10-6-7-12(18)16-14(10)15-11(17(9)2)4-3-5-13(15)19-16/h6-7,9,13,18H,3-5,8H2,1-2H3/t9?,13-/m0/s1. The molecule has 1 aromatic rings. The van der Waals surface area contributed by atoms with Gasteiger partial charge in [0.05, 0.1) is 0 Å². The maximum Gasteiger partial charge on any atom is 0.169 e. The van der Waals surface area contributed by atoms with E-state index >= 15 is 0 Å². The summed E-state index contributed by atoms with van der Waals surface area (Å²) in [5.41, 5.74) is 5.28. The summed E-state index contributed by atoms with van der Waals surface area (Å²) in [6.07, 6.45) is 4.53. The first-order valence-electron chi connectivity index (χ1n) is 7.14. The van der Waals surface area contributed by atoms with Gasteiger partial charge in [-0.25, -0.2) is 0 Å². The summed E-state index contributed by atoms with van der Waals surface area (Å²) in [5, 5.41) is 10.1. The van der Waals surface area contributed by atoms with Crippen molar-refractivity contribution >= 4 is 5.57 Å². The van der Waals surface area contributed by atoms with Gasteiger partial charge < -0.3 is 14.7 Å². The molecule has 0 fully saturated rings. The minimum Gasteiger partial charge on any atom is -0.504 e. The van der Waals surface area contributed by atoms with Crippen LogP contribution in [0.15, 0.2) is 17.8 Å². The van der Waals surface area contributed by atoms with E-state index in [0.717, 1.165) is 25.0 Å². The summed E-state index contributed by atoms with van der Waals surface area (Å²) in [4.78, 5) is 2.41. The summed E-state index contributed by atoms with van der Waals surface area (Å²) < 4.78 is 6.04. The van der Waals surface area contributed by atoms with Crippen molar-refractivity contribution in [3.05, 3.63) is 29.0 Å². The molecule has 0 bridgehead atoms. The Hall–Kier alpha value is -1.64.